The van der Waals surface area contributed by atoms with Crippen LogP contribution < -0.4 is 5.32 Å². The summed E-state index contributed by atoms with van der Waals surface area (Å²) in [7, 11) is 1.78. The van der Waals surface area contributed by atoms with E-state index >= 15 is 0 Å². The molecule has 1 aliphatic heterocycles. The molecule has 1 N–H and O–H groups in total. The van der Waals surface area contributed by atoms with Gasteiger partial charge >= 0.3 is 6.09 Å². The van der Waals surface area contributed by atoms with Crippen molar-refractivity contribution in [3.63, 3.8) is 0 Å². The quantitative estimate of drug-likeness (QED) is 0.692. The molecule has 0 saturated carbocycles. The van der Waals surface area contributed by atoms with Gasteiger partial charge < -0.3 is 15.0 Å². The van der Waals surface area contributed by atoms with Gasteiger partial charge in [-0.2, -0.15) is 0 Å². The molecule has 0 saturated heterocycles. The molecule has 0 radical (unpaired) electrons. The molecule has 148 valence electrons. The minimum atomic E-state index is -0.336. The van der Waals surface area contributed by atoms with Gasteiger partial charge in [-0.25, -0.2) is 4.79 Å². The average molecular weight is 387 g/mol. The molecule has 0 bridgehead atoms. The summed E-state index contributed by atoms with van der Waals surface area (Å²) < 4.78 is 5.49. The number of hydrogen-bond acceptors (Lipinski definition) is 4. The Morgan fingerprint density at radius 2 is 1.76 bits per heavy atom. The molecule has 1 atom stereocenters. The minimum Gasteiger partial charge on any atom is -0.445 e. The summed E-state index contributed by atoms with van der Waals surface area (Å²) in [5.74, 6) is -0.0172. The Hall–Kier alpha value is -3.18. The Bertz CT molecular complexity index is 960. The molecule has 29 heavy (non-hydrogen) atoms. The van der Waals surface area contributed by atoms with E-state index in [2.05, 4.69) is 23.5 Å². The average Bonchev–Trinajstić information content (AvgIpc) is 3.25. The zero-order valence-electron chi connectivity index (χ0n) is 16.5. The van der Waals surface area contributed by atoms with Crippen molar-refractivity contribution in [2.45, 2.75) is 25.6 Å². The number of likely N-dealkylation sites (N-methyl/N-ethyl adjacent to an activating group) is 1. The van der Waals surface area contributed by atoms with Gasteiger partial charge in [0.05, 0.1) is 0 Å². The fourth-order valence-corrected chi connectivity index (χ4v) is 3.62. The topological polar surface area (TPSA) is 54.5 Å². The first-order chi connectivity index (χ1) is 14.2. The van der Waals surface area contributed by atoms with Gasteiger partial charge in [-0.15, -0.1) is 0 Å². The van der Waals surface area contributed by atoms with E-state index in [1.807, 2.05) is 54.7 Å². The molecule has 2 heterocycles. The van der Waals surface area contributed by atoms with Crippen molar-refractivity contribution >= 4 is 6.09 Å². The second kappa shape index (κ2) is 8.88. The van der Waals surface area contributed by atoms with Crippen molar-refractivity contribution in [2.24, 2.45) is 0 Å². The smallest absolute Gasteiger partial charge is 0.409 e. The van der Waals surface area contributed by atoms with Crippen LogP contribution in [-0.2, 0) is 24.4 Å². The van der Waals surface area contributed by atoms with Crippen molar-refractivity contribution in [2.75, 3.05) is 13.6 Å². The van der Waals surface area contributed by atoms with Gasteiger partial charge in [0.15, 0.2) is 0 Å². The Morgan fingerprint density at radius 3 is 2.52 bits per heavy atom. The molecule has 0 aliphatic carbocycles. The highest BCUT2D eigenvalue weighted by Gasteiger charge is 2.23. The lowest BCUT2D eigenvalue weighted by Crippen LogP contribution is -2.32. The number of nitrogens with zero attached hydrogens (tertiary/aromatic N) is 2. The van der Waals surface area contributed by atoms with Crippen LogP contribution in [0.1, 0.15) is 33.9 Å². The summed E-state index contributed by atoms with van der Waals surface area (Å²) in [4.78, 5) is 18.9. The lowest BCUT2D eigenvalue weighted by atomic mass is 9.93. The van der Waals surface area contributed by atoms with Crippen LogP contribution in [-0.4, -0.2) is 29.6 Å². The summed E-state index contributed by atoms with van der Waals surface area (Å²) in [6.07, 6.45) is 1.62. The van der Waals surface area contributed by atoms with Crippen LogP contribution in [0.15, 0.2) is 72.9 Å². The number of aromatic nitrogens is 1. The van der Waals surface area contributed by atoms with E-state index in [0.29, 0.717) is 6.54 Å². The van der Waals surface area contributed by atoms with Gasteiger partial charge in [0, 0.05) is 44.5 Å². The van der Waals surface area contributed by atoms with E-state index in [0.717, 1.165) is 29.9 Å². The number of carbonyl (C=O) groups excluding carboxylic acids is 1. The van der Waals surface area contributed by atoms with Gasteiger partial charge in [0.25, 0.3) is 0 Å². The third kappa shape index (κ3) is 4.63. The largest absolute Gasteiger partial charge is 0.445 e. The van der Waals surface area contributed by atoms with Crippen molar-refractivity contribution in [1.82, 2.24) is 15.2 Å². The number of nitrogens with one attached hydrogen (secondary N) is 1. The van der Waals surface area contributed by atoms with Crippen LogP contribution in [0, 0.1) is 0 Å². The van der Waals surface area contributed by atoms with Crippen molar-refractivity contribution in [3.05, 3.63) is 101 Å². The van der Waals surface area contributed by atoms with Crippen molar-refractivity contribution in [1.29, 1.82) is 0 Å². The molecular weight excluding hydrogens is 362 g/mol. The van der Waals surface area contributed by atoms with E-state index in [9.17, 15) is 4.79 Å². The maximum Gasteiger partial charge on any atom is 0.409 e. The molecule has 1 aromatic heterocycles. The Balaban J connectivity index is 1.50. The molecule has 4 rings (SSSR count). The number of rotatable bonds is 6. The standard InChI is InChI=1S/C24H25N3O2/c1-27(24(28)29-17-18-8-4-2-5-9-18)16-22(19-10-6-3-7-11-19)23-12-20-13-25-14-21(20)15-26-23/h2-12,15,22,25H,13-14,16-17H2,1H3. The lowest BCUT2D eigenvalue weighted by Gasteiger charge is -2.24. The van der Waals surface area contributed by atoms with E-state index in [4.69, 9.17) is 9.72 Å². The maximum atomic E-state index is 12.6. The Labute approximate surface area is 171 Å². The van der Waals surface area contributed by atoms with Crippen molar-refractivity contribution in [3.8, 4) is 0 Å². The summed E-state index contributed by atoms with van der Waals surface area (Å²) in [6.45, 7) is 2.49. The maximum absolute atomic E-state index is 12.6. The van der Waals surface area contributed by atoms with Crippen molar-refractivity contribution < 1.29 is 9.53 Å². The number of pyridine rings is 1. The number of fused-ring (bicyclic) bond motifs is 1. The fourth-order valence-electron chi connectivity index (χ4n) is 3.62. The molecule has 3 aromatic rings. The second-order valence-corrected chi connectivity index (χ2v) is 7.37. The molecule has 5 heteroatoms. The van der Waals surface area contributed by atoms with Crippen LogP contribution in [0.2, 0.25) is 0 Å². The third-order valence-electron chi connectivity index (χ3n) is 5.27. The van der Waals surface area contributed by atoms with Gasteiger partial charge in [0.2, 0.25) is 0 Å². The molecular formula is C24H25N3O2. The SMILES string of the molecule is CN(CC(c1ccccc1)c1cc2c(cn1)CNC2)C(=O)OCc1ccccc1. The van der Waals surface area contributed by atoms with E-state index < -0.39 is 0 Å². The zero-order chi connectivity index (χ0) is 20.1. The molecule has 1 amide bonds. The van der Waals surface area contributed by atoms with Gasteiger partial charge in [-0.1, -0.05) is 60.7 Å². The first-order valence-electron chi connectivity index (χ1n) is 9.86. The second-order valence-electron chi connectivity index (χ2n) is 7.37. The molecule has 0 fully saturated rings. The highest BCUT2D eigenvalue weighted by molar-refractivity contribution is 5.67. The number of amides is 1. The van der Waals surface area contributed by atoms with Crippen LogP contribution in [0.25, 0.3) is 0 Å². The van der Waals surface area contributed by atoms with Crippen LogP contribution >= 0.6 is 0 Å². The minimum absolute atomic E-state index is 0.0172. The van der Waals surface area contributed by atoms with E-state index in [-0.39, 0.29) is 18.6 Å². The summed E-state index contributed by atoms with van der Waals surface area (Å²) in [5.41, 5.74) is 5.61. The first kappa shape index (κ1) is 19.2. The van der Waals surface area contributed by atoms with Crippen LogP contribution in [0.5, 0.6) is 0 Å². The zero-order valence-corrected chi connectivity index (χ0v) is 16.5. The predicted molar refractivity (Wildman–Crippen MR) is 112 cm³/mol. The van der Waals surface area contributed by atoms with Gasteiger partial charge in [-0.3, -0.25) is 4.98 Å². The Kier molecular flexibility index (Phi) is 5.86. The highest BCUT2D eigenvalue weighted by Crippen LogP contribution is 2.27. The van der Waals surface area contributed by atoms with Gasteiger partial charge in [-0.05, 0) is 28.3 Å². The van der Waals surface area contributed by atoms with Crippen LogP contribution in [0.4, 0.5) is 4.79 Å². The molecule has 2 aromatic carbocycles. The van der Waals surface area contributed by atoms with Gasteiger partial charge in [0.1, 0.15) is 6.61 Å². The predicted octanol–water partition coefficient (Wildman–Crippen LogP) is 4.09. The van der Waals surface area contributed by atoms with E-state index in [1.54, 1.807) is 11.9 Å². The Morgan fingerprint density at radius 1 is 1.07 bits per heavy atom. The monoisotopic (exact) mass is 387 g/mol. The first-order valence-corrected chi connectivity index (χ1v) is 9.86. The molecule has 1 aliphatic rings. The number of hydrogen-bond donors (Lipinski definition) is 1. The molecule has 0 spiro atoms. The number of ether oxygens (including phenoxy) is 1. The number of carbonyl (C=O) groups is 1. The fraction of sp³-hybridized carbons (Fsp3) is 0.250. The lowest BCUT2D eigenvalue weighted by molar-refractivity contribution is 0.104. The van der Waals surface area contributed by atoms with Crippen LogP contribution in [0.3, 0.4) is 0 Å². The summed E-state index contributed by atoms with van der Waals surface area (Å²) in [5, 5.41) is 3.36. The molecule has 1 unspecified atom stereocenters. The molecule has 5 nitrogen and oxygen atoms in total. The summed E-state index contributed by atoms with van der Waals surface area (Å²) >= 11 is 0. The number of benzene rings is 2. The summed E-state index contributed by atoms with van der Waals surface area (Å²) in [6, 6.07) is 22.1. The third-order valence-corrected chi connectivity index (χ3v) is 5.27. The normalized spacial score (nSPS) is 13.6. The highest BCUT2D eigenvalue weighted by atomic mass is 16.6. The van der Waals surface area contributed by atoms with E-state index in [1.165, 1.54) is 11.1 Å².